The molecule has 1 aliphatic carbocycles. The number of rotatable bonds is 4. The average molecular weight is 348 g/mol. The minimum Gasteiger partial charge on any atom is -0.452 e. The number of thioether (sulfide) groups is 1. The van der Waals surface area contributed by atoms with Crippen LogP contribution in [-0.2, 0) is 14.3 Å². The number of carbonyl (C=O) groups excluding carboxylic acids is 3. The molecule has 0 bridgehead atoms. The van der Waals surface area contributed by atoms with Gasteiger partial charge in [-0.3, -0.25) is 9.59 Å². The number of benzene rings is 1. The summed E-state index contributed by atoms with van der Waals surface area (Å²) in [4.78, 5) is 36.5. The highest BCUT2D eigenvalue weighted by molar-refractivity contribution is 8.00. The minimum absolute atomic E-state index is 0.0889. The van der Waals surface area contributed by atoms with E-state index in [1.165, 1.54) is 11.8 Å². The first-order chi connectivity index (χ1) is 11.5. The Morgan fingerprint density at radius 2 is 2.08 bits per heavy atom. The minimum atomic E-state index is -0.572. The molecule has 0 radical (unpaired) electrons. The van der Waals surface area contributed by atoms with E-state index in [0.717, 1.165) is 30.6 Å². The lowest BCUT2D eigenvalue weighted by Crippen LogP contribution is -2.35. The SMILES string of the molecule is CC1Sc2ccc(C(=O)OCC(=O)NC3CCCC3)cc2NC1=O. The van der Waals surface area contributed by atoms with Gasteiger partial charge in [0.25, 0.3) is 5.91 Å². The lowest BCUT2D eigenvalue weighted by molar-refractivity contribution is -0.124. The zero-order valence-electron chi connectivity index (χ0n) is 13.5. The topological polar surface area (TPSA) is 84.5 Å². The normalized spacial score (nSPS) is 20.2. The molecule has 2 aliphatic rings. The molecule has 2 amide bonds. The van der Waals surface area contributed by atoms with Gasteiger partial charge < -0.3 is 15.4 Å². The molecule has 128 valence electrons. The van der Waals surface area contributed by atoms with Crippen molar-refractivity contribution in [2.45, 2.75) is 48.8 Å². The number of hydrogen-bond acceptors (Lipinski definition) is 5. The van der Waals surface area contributed by atoms with Crippen molar-refractivity contribution in [3.63, 3.8) is 0 Å². The molecule has 0 saturated heterocycles. The van der Waals surface area contributed by atoms with Crippen molar-refractivity contribution in [1.82, 2.24) is 5.32 Å². The second-order valence-corrected chi connectivity index (χ2v) is 7.47. The van der Waals surface area contributed by atoms with E-state index in [-0.39, 0.29) is 29.7 Å². The summed E-state index contributed by atoms with van der Waals surface area (Å²) in [5.41, 5.74) is 0.922. The Balaban J connectivity index is 1.56. The van der Waals surface area contributed by atoms with Gasteiger partial charge in [0.05, 0.1) is 16.5 Å². The van der Waals surface area contributed by atoms with Gasteiger partial charge in [0, 0.05) is 10.9 Å². The molecule has 1 atom stereocenters. The number of carbonyl (C=O) groups is 3. The molecule has 1 aromatic rings. The summed E-state index contributed by atoms with van der Waals surface area (Å²) < 4.78 is 5.07. The van der Waals surface area contributed by atoms with E-state index < -0.39 is 5.97 Å². The fraction of sp³-hybridized carbons (Fsp3) is 0.471. The Kier molecular flexibility index (Phi) is 5.08. The third-order valence-corrected chi connectivity index (χ3v) is 5.38. The molecular weight excluding hydrogens is 328 g/mol. The van der Waals surface area contributed by atoms with E-state index in [2.05, 4.69) is 10.6 Å². The molecule has 2 N–H and O–H groups in total. The van der Waals surface area contributed by atoms with Crippen LogP contribution in [0, 0.1) is 0 Å². The van der Waals surface area contributed by atoms with Crippen molar-refractivity contribution in [3.05, 3.63) is 23.8 Å². The predicted octanol–water partition coefficient (Wildman–Crippen LogP) is 2.33. The van der Waals surface area contributed by atoms with E-state index in [0.29, 0.717) is 11.3 Å². The van der Waals surface area contributed by atoms with Gasteiger partial charge in [-0.25, -0.2) is 4.79 Å². The highest BCUT2D eigenvalue weighted by Crippen LogP contribution is 2.36. The summed E-state index contributed by atoms with van der Waals surface area (Å²) in [7, 11) is 0. The van der Waals surface area contributed by atoms with Gasteiger partial charge in [-0.15, -0.1) is 11.8 Å². The van der Waals surface area contributed by atoms with Crippen LogP contribution in [0.2, 0.25) is 0 Å². The van der Waals surface area contributed by atoms with E-state index in [9.17, 15) is 14.4 Å². The zero-order chi connectivity index (χ0) is 17.1. The highest BCUT2D eigenvalue weighted by atomic mass is 32.2. The van der Waals surface area contributed by atoms with Crippen LogP contribution in [0.3, 0.4) is 0 Å². The van der Waals surface area contributed by atoms with Gasteiger partial charge >= 0.3 is 5.97 Å². The van der Waals surface area contributed by atoms with Crippen LogP contribution < -0.4 is 10.6 Å². The maximum Gasteiger partial charge on any atom is 0.338 e. The fourth-order valence-electron chi connectivity index (χ4n) is 2.89. The fourth-order valence-corrected chi connectivity index (χ4v) is 3.82. The van der Waals surface area contributed by atoms with Crippen LogP contribution in [0.5, 0.6) is 0 Å². The molecule has 0 aromatic heterocycles. The molecule has 0 spiro atoms. The Bertz CT molecular complexity index is 671. The lowest BCUT2D eigenvalue weighted by atomic mass is 10.2. The number of anilines is 1. The summed E-state index contributed by atoms with van der Waals surface area (Å²) in [6.07, 6.45) is 4.23. The number of nitrogens with one attached hydrogen (secondary N) is 2. The van der Waals surface area contributed by atoms with Gasteiger partial charge in [0.15, 0.2) is 6.61 Å². The first kappa shape index (κ1) is 16.8. The van der Waals surface area contributed by atoms with Gasteiger partial charge in [0.1, 0.15) is 0 Å². The molecule has 1 heterocycles. The van der Waals surface area contributed by atoms with E-state index in [1.807, 2.05) is 6.92 Å². The van der Waals surface area contributed by atoms with Crippen molar-refractivity contribution in [3.8, 4) is 0 Å². The lowest BCUT2D eigenvalue weighted by Gasteiger charge is -2.21. The zero-order valence-corrected chi connectivity index (χ0v) is 14.3. The van der Waals surface area contributed by atoms with Gasteiger partial charge in [-0.2, -0.15) is 0 Å². The van der Waals surface area contributed by atoms with E-state index >= 15 is 0 Å². The number of hydrogen-bond donors (Lipinski definition) is 2. The third kappa shape index (κ3) is 3.90. The van der Waals surface area contributed by atoms with Crippen LogP contribution in [0.4, 0.5) is 5.69 Å². The van der Waals surface area contributed by atoms with Crippen molar-refractivity contribution in [2.75, 3.05) is 11.9 Å². The third-order valence-electron chi connectivity index (χ3n) is 4.20. The smallest absolute Gasteiger partial charge is 0.338 e. The van der Waals surface area contributed by atoms with E-state index in [4.69, 9.17) is 4.74 Å². The Morgan fingerprint density at radius 1 is 1.33 bits per heavy atom. The summed E-state index contributed by atoms with van der Waals surface area (Å²) >= 11 is 1.45. The Morgan fingerprint density at radius 3 is 2.83 bits per heavy atom. The van der Waals surface area contributed by atoms with Gasteiger partial charge in [-0.1, -0.05) is 12.8 Å². The van der Waals surface area contributed by atoms with Crippen LogP contribution in [-0.4, -0.2) is 35.7 Å². The quantitative estimate of drug-likeness (QED) is 0.816. The van der Waals surface area contributed by atoms with Crippen LogP contribution >= 0.6 is 11.8 Å². The van der Waals surface area contributed by atoms with Crippen LogP contribution in [0.15, 0.2) is 23.1 Å². The predicted molar refractivity (Wildman–Crippen MR) is 91.1 cm³/mol. The molecule has 3 rings (SSSR count). The molecule has 24 heavy (non-hydrogen) atoms. The molecule has 6 nitrogen and oxygen atoms in total. The number of ether oxygens (including phenoxy) is 1. The highest BCUT2D eigenvalue weighted by Gasteiger charge is 2.24. The maximum atomic E-state index is 12.1. The standard InChI is InChI=1S/C17H20N2O4S/c1-10-16(21)19-13-8-11(6-7-14(13)24-10)17(22)23-9-15(20)18-12-4-2-3-5-12/h6-8,10,12H,2-5,9H2,1H3,(H,18,20)(H,19,21). The molecule has 1 fully saturated rings. The number of fused-ring (bicyclic) bond motifs is 1. The largest absolute Gasteiger partial charge is 0.452 e. The van der Waals surface area contributed by atoms with E-state index in [1.54, 1.807) is 18.2 Å². The summed E-state index contributed by atoms with van der Waals surface area (Å²) in [5, 5.41) is 5.48. The van der Waals surface area contributed by atoms with Crippen molar-refractivity contribution in [2.24, 2.45) is 0 Å². The Labute approximate surface area is 144 Å². The van der Waals surface area contributed by atoms with Crippen molar-refractivity contribution < 1.29 is 19.1 Å². The summed E-state index contributed by atoms with van der Waals surface area (Å²) in [6, 6.07) is 5.22. The van der Waals surface area contributed by atoms with Crippen molar-refractivity contribution >= 4 is 35.2 Å². The first-order valence-electron chi connectivity index (χ1n) is 8.11. The summed E-state index contributed by atoms with van der Waals surface area (Å²) in [5.74, 6) is -0.933. The molecule has 1 unspecified atom stereocenters. The van der Waals surface area contributed by atoms with Crippen LogP contribution in [0.25, 0.3) is 0 Å². The molecule has 1 saturated carbocycles. The summed E-state index contributed by atoms with van der Waals surface area (Å²) in [6.45, 7) is 1.54. The Hall–Kier alpha value is -2.02. The van der Waals surface area contributed by atoms with Crippen LogP contribution in [0.1, 0.15) is 43.0 Å². The maximum absolute atomic E-state index is 12.1. The average Bonchev–Trinajstić information content (AvgIpc) is 3.06. The first-order valence-corrected chi connectivity index (χ1v) is 8.99. The number of amides is 2. The molecule has 1 aliphatic heterocycles. The second kappa shape index (κ2) is 7.25. The molecule has 1 aromatic carbocycles. The van der Waals surface area contributed by atoms with Gasteiger partial charge in [-0.05, 0) is 38.0 Å². The van der Waals surface area contributed by atoms with Gasteiger partial charge in [0.2, 0.25) is 5.91 Å². The monoisotopic (exact) mass is 348 g/mol. The number of esters is 1. The van der Waals surface area contributed by atoms with Crippen molar-refractivity contribution in [1.29, 1.82) is 0 Å². The molecular formula is C17H20N2O4S. The second-order valence-electron chi connectivity index (χ2n) is 6.09. The molecule has 7 heteroatoms.